The van der Waals surface area contributed by atoms with Gasteiger partial charge in [-0.25, -0.2) is 0 Å². The number of hydrogen-bond donors (Lipinski definition) is 2. The minimum Gasteiger partial charge on any atom is -0.387 e. The molecule has 106 valence electrons. The lowest BCUT2D eigenvalue weighted by Gasteiger charge is -2.15. The van der Waals surface area contributed by atoms with Crippen LogP contribution in [0, 0.1) is 27.7 Å². The standard InChI is InChI=1S/C18H23NO/c1-12-7-13(2)9-17(8-12)19-11-18(20)16-6-5-14(3)15(4)10-16/h5-10,18-20H,11H2,1-4H3. The largest absolute Gasteiger partial charge is 0.387 e. The van der Waals surface area contributed by atoms with Gasteiger partial charge in [0.1, 0.15) is 0 Å². The molecule has 0 aliphatic heterocycles. The molecule has 1 atom stereocenters. The summed E-state index contributed by atoms with van der Waals surface area (Å²) in [7, 11) is 0. The van der Waals surface area contributed by atoms with E-state index in [0.29, 0.717) is 6.54 Å². The number of aliphatic hydroxyl groups is 1. The Morgan fingerprint density at radius 3 is 2.15 bits per heavy atom. The lowest BCUT2D eigenvalue weighted by molar-refractivity contribution is 0.191. The van der Waals surface area contributed by atoms with Crippen LogP contribution in [0.5, 0.6) is 0 Å². The molecule has 0 spiro atoms. The number of benzene rings is 2. The quantitative estimate of drug-likeness (QED) is 0.877. The predicted molar refractivity (Wildman–Crippen MR) is 85.3 cm³/mol. The third kappa shape index (κ3) is 3.61. The third-order valence-electron chi connectivity index (χ3n) is 3.64. The summed E-state index contributed by atoms with van der Waals surface area (Å²) in [6.07, 6.45) is -0.491. The molecule has 2 aromatic rings. The highest BCUT2D eigenvalue weighted by molar-refractivity contribution is 5.48. The van der Waals surface area contributed by atoms with Crippen LogP contribution in [0.4, 0.5) is 5.69 Å². The van der Waals surface area contributed by atoms with Gasteiger partial charge in [-0.3, -0.25) is 0 Å². The third-order valence-corrected chi connectivity index (χ3v) is 3.64. The van der Waals surface area contributed by atoms with E-state index in [4.69, 9.17) is 0 Å². The summed E-state index contributed by atoms with van der Waals surface area (Å²) in [4.78, 5) is 0. The number of hydrogen-bond acceptors (Lipinski definition) is 2. The Morgan fingerprint density at radius 1 is 0.900 bits per heavy atom. The van der Waals surface area contributed by atoms with E-state index in [-0.39, 0.29) is 0 Å². The molecular weight excluding hydrogens is 246 g/mol. The van der Waals surface area contributed by atoms with E-state index >= 15 is 0 Å². The Bertz CT molecular complexity index is 584. The van der Waals surface area contributed by atoms with Crippen LogP contribution < -0.4 is 5.32 Å². The van der Waals surface area contributed by atoms with Crippen molar-refractivity contribution in [3.8, 4) is 0 Å². The average molecular weight is 269 g/mol. The lowest BCUT2D eigenvalue weighted by Crippen LogP contribution is -2.12. The molecule has 0 saturated carbocycles. The molecule has 0 aliphatic rings. The first-order chi connectivity index (χ1) is 9.45. The maximum atomic E-state index is 10.3. The summed E-state index contributed by atoms with van der Waals surface area (Å²) in [5.41, 5.74) is 6.95. The molecule has 0 aromatic heterocycles. The van der Waals surface area contributed by atoms with Crippen LogP contribution in [0.3, 0.4) is 0 Å². The van der Waals surface area contributed by atoms with Gasteiger partial charge in [0.15, 0.2) is 0 Å². The number of anilines is 1. The first kappa shape index (κ1) is 14.6. The molecule has 2 N–H and O–H groups in total. The molecule has 2 heteroatoms. The number of rotatable bonds is 4. The van der Waals surface area contributed by atoms with Crippen molar-refractivity contribution >= 4 is 5.69 Å². The van der Waals surface area contributed by atoms with E-state index in [1.165, 1.54) is 22.3 Å². The van der Waals surface area contributed by atoms with E-state index in [9.17, 15) is 5.11 Å². The first-order valence-electron chi connectivity index (χ1n) is 7.03. The van der Waals surface area contributed by atoms with Crippen LogP contribution >= 0.6 is 0 Å². The highest BCUT2D eigenvalue weighted by Gasteiger charge is 2.08. The monoisotopic (exact) mass is 269 g/mol. The SMILES string of the molecule is Cc1cc(C)cc(NCC(O)c2ccc(C)c(C)c2)c1. The van der Waals surface area contributed by atoms with Crippen LogP contribution in [-0.2, 0) is 0 Å². The van der Waals surface area contributed by atoms with Gasteiger partial charge in [-0.05, 0) is 67.6 Å². The minimum atomic E-state index is -0.491. The first-order valence-corrected chi connectivity index (χ1v) is 7.03. The molecule has 2 nitrogen and oxygen atoms in total. The Hall–Kier alpha value is -1.80. The fourth-order valence-electron chi connectivity index (χ4n) is 2.38. The highest BCUT2D eigenvalue weighted by Crippen LogP contribution is 2.19. The van der Waals surface area contributed by atoms with E-state index < -0.39 is 6.10 Å². The van der Waals surface area contributed by atoms with E-state index in [2.05, 4.69) is 63.3 Å². The molecule has 20 heavy (non-hydrogen) atoms. The molecule has 2 rings (SSSR count). The van der Waals surface area contributed by atoms with Crippen LogP contribution in [0.25, 0.3) is 0 Å². The lowest BCUT2D eigenvalue weighted by atomic mass is 10.0. The van der Waals surface area contributed by atoms with Crippen molar-refractivity contribution in [1.29, 1.82) is 0 Å². The maximum Gasteiger partial charge on any atom is 0.0962 e. The number of aliphatic hydroxyl groups excluding tert-OH is 1. The van der Waals surface area contributed by atoms with Gasteiger partial charge in [0.05, 0.1) is 6.10 Å². The van der Waals surface area contributed by atoms with Crippen molar-refractivity contribution < 1.29 is 5.11 Å². The fraction of sp³-hybridized carbons (Fsp3) is 0.333. The zero-order valence-electron chi connectivity index (χ0n) is 12.7. The maximum absolute atomic E-state index is 10.3. The fourth-order valence-corrected chi connectivity index (χ4v) is 2.38. The summed E-state index contributed by atoms with van der Waals surface area (Å²) >= 11 is 0. The Labute approximate surface area is 121 Å². The Balaban J connectivity index is 2.04. The molecule has 0 saturated heterocycles. The molecule has 0 radical (unpaired) electrons. The summed E-state index contributed by atoms with van der Waals surface area (Å²) in [6, 6.07) is 12.5. The molecular formula is C18H23NO. The Morgan fingerprint density at radius 2 is 1.55 bits per heavy atom. The zero-order chi connectivity index (χ0) is 14.7. The van der Waals surface area contributed by atoms with Gasteiger partial charge in [-0.15, -0.1) is 0 Å². The van der Waals surface area contributed by atoms with Gasteiger partial charge >= 0.3 is 0 Å². The molecule has 0 amide bonds. The average Bonchev–Trinajstić information content (AvgIpc) is 2.38. The van der Waals surface area contributed by atoms with Crippen molar-refractivity contribution in [2.75, 3.05) is 11.9 Å². The van der Waals surface area contributed by atoms with Crippen LogP contribution in [0.2, 0.25) is 0 Å². The number of aryl methyl sites for hydroxylation is 4. The van der Waals surface area contributed by atoms with E-state index in [1.807, 2.05) is 6.07 Å². The summed E-state index contributed by atoms with van der Waals surface area (Å²) in [6.45, 7) is 8.84. The summed E-state index contributed by atoms with van der Waals surface area (Å²) in [5, 5.41) is 13.6. The van der Waals surface area contributed by atoms with Crippen LogP contribution in [0.15, 0.2) is 36.4 Å². The van der Waals surface area contributed by atoms with Crippen LogP contribution in [0.1, 0.15) is 33.9 Å². The summed E-state index contributed by atoms with van der Waals surface area (Å²) < 4.78 is 0. The zero-order valence-corrected chi connectivity index (χ0v) is 12.7. The second kappa shape index (κ2) is 6.10. The van der Waals surface area contributed by atoms with Gasteiger partial charge in [-0.1, -0.05) is 24.3 Å². The molecule has 2 aromatic carbocycles. The normalized spacial score (nSPS) is 12.2. The Kier molecular flexibility index (Phi) is 4.46. The van der Waals surface area contributed by atoms with Crippen molar-refractivity contribution in [3.05, 3.63) is 64.2 Å². The van der Waals surface area contributed by atoms with Gasteiger partial charge in [-0.2, -0.15) is 0 Å². The molecule has 0 heterocycles. The van der Waals surface area contributed by atoms with Gasteiger partial charge in [0.25, 0.3) is 0 Å². The second-order valence-electron chi connectivity index (χ2n) is 5.62. The van der Waals surface area contributed by atoms with Gasteiger partial charge in [0.2, 0.25) is 0 Å². The van der Waals surface area contributed by atoms with Crippen molar-refractivity contribution in [1.82, 2.24) is 0 Å². The highest BCUT2D eigenvalue weighted by atomic mass is 16.3. The van der Waals surface area contributed by atoms with Crippen molar-refractivity contribution in [3.63, 3.8) is 0 Å². The molecule has 1 unspecified atom stereocenters. The van der Waals surface area contributed by atoms with E-state index in [0.717, 1.165) is 11.3 Å². The molecule has 0 bridgehead atoms. The second-order valence-corrected chi connectivity index (χ2v) is 5.62. The van der Waals surface area contributed by atoms with E-state index in [1.54, 1.807) is 0 Å². The minimum absolute atomic E-state index is 0.491. The van der Waals surface area contributed by atoms with Gasteiger partial charge < -0.3 is 10.4 Å². The van der Waals surface area contributed by atoms with Crippen molar-refractivity contribution in [2.24, 2.45) is 0 Å². The predicted octanol–water partition coefficient (Wildman–Crippen LogP) is 4.07. The molecule has 0 fully saturated rings. The molecule has 0 aliphatic carbocycles. The number of nitrogens with one attached hydrogen (secondary N) is 1. The topological polar surface area (TPSA) is 32.3 Å². The summed E-state index contributed by atoms with van der Waals surface area (Å²) in [5.74, 6) is 0. The smallest absolute Gasteiger partial charge is 0.0962 e. The van der Waals surface area contributed by atoms with Crippen LogP contribution in [-0.4, -0.2) is 11.7 Å². The van der Waals surface area contributed by atoms with Gasteiger partial charge in [0, 0.05) is 12.2 Å². The van der Waals surface area contributed by atoms with Crippen molar-refractivity contribution in [2.45, 2.75) is 33.8 Å².